The van der Waals surface area contributed by atoms with E-state index in [1.54, 1.807) is 12.4 Å². The molecule has 0 unspecified atom stereocenters. The number of fused-ring (bicyclic) bond motifs is 6. The second-order valence-electron chi connectivity index (χ2n) is 11.9. The van der Waals surface area contributed by atoms with Gasteiger partial charge >= 0.3 is 0 Å². The molecule has 9 rings (SSSR count). The lowest BCUT2D eigenvalue weighted by molar-refractivity contribution is 1.12. The van der Waals surface area contributed by atoms with Crippen LogP contribution in [0.5, 0.6) is 0 Å². The van der Waals surface area contributed by atoms with Crippen LogP contribution >= 0.6 is 0 Å². The predicted molar refractivity (Wildman–Crippen MR) is 196 cm³/mol. The van der Waals surface area contributed by atoms with Crippen LogP contribution in [0.1, 0.15) is 22.8 Å². The summed E-state index contributed by atoms with van der Waals surface area (Å²) in [5.41, 5.74) is 6.89. The summed E-state index contributed by atoms with van der Waals surface area (Å²) >= 11 is 0. The Labute approximate surface area is 295 Å². The number of para-hydroxylation sites is 4. The van der Waals surface area contributed by atoms with E-state index in [9.17, 15) is 21.0 Å². The van der Waals surface area contributed by atoms with Crippen LogP contribution < -0.4 is 0 Å². The van der Waals surface area contributed by atoms with Crippen molar-refractivity contribution in [3.8, 4) is 58.2 Å². The fourth-order valence-corrected chi connectivity index (χ4v) is 7.22. The van der Waals surface area contributed by atoms with Gasteiger partial charge in [0.05, 0.1) is 45.8 Å². The summed E-state index contributed by atoms with van der Waals surface area (Å²) in [6, 6.07) is 44.1. The maximum absolute atomic E-state index is 10.1. The Balaban J connectivity index is 1.66. The molecule has 0 saturated heterocycles. The zero-order valence-electron chi connectivity index (χ0n) is 27.0. The molecule has 10 heteroatoms. The number of hydrogen-bond donors (Lipinski definition) is 0. The van der Waals surface area contributed by atoms with E-state index in [-0.39, 0.29) is 22.8 Å². The fourth-order valence-electron chi connectivity index (χ4n) is 7.22. The summed E-state index contributed by atoms with van der Waals surface area (Å²) in [4.78, 5) is 18.5. The molecule has 0 saturated carbocycles. The Morgan fingerprint density at radius 2 is 0.788 bits per heavy atom. The van der Waals surface area contributed by atoms with Crippen LogP contribution in [0.15, 0.2) is 122 Å². The number of nitriles is 4. The van der Waals surface area contributed by atoms with Gasteiger partial charge in [-0.05, 0) is 36.4 Å². The van der Waals surface area contributed by atoms with Gasteiger partial charge in [0.15, 0.2) is 22.8 Å². The van der Waals surface area contributed by atoms with Crippen molar-refractivity contribution in [3.05, 3.63) is 144 Å². The first kappa shape index (κ1) is 29.9. The van der Waals surface area contributed by atoms with Crippen molar-refractivity contribution in [2.45, 2.75) is 0 Å². The maximum atomic E-state index is 10.1. The highest BCUT2D eigenvalue weighted by Crippen LogP contribution is 2.51. The molecule has 238 valence electrons. The van der Waals surface area contributed by atoms with E-state index in [1.807, 2.05) is 121 Å². The molecule has 0 bridgehead atoms. The average Bonchev–Trinajstić information content (AvgIpc) is 3.73. The zero-order chi connectivity index (χ0) is 35.3. The Kier molecular flexibility index (Phi) is 6.76. The third-order valence-corrected chi connectivity index (χ3v) is 9.23. The molecule has 0 radical (unpaired) electrons. The molecular weight excluding hydrogens is 645 g/mol. The Bertz CT molecular complexity index is 2900. The van der Waals surface area contributed by atoms with Gasteiger partial charge in [-0.15, -0.1) is 0 Å². The fraction of sp³-hybridized carbons (Fsp3) is 0. The second kappa shape index (κ2) is 11.8. The lowest BCUT2D eigenvalue weighted by Gasteiger charge is -2.17. The summed E-state index contributed by atoms with van der Waals surface area (Å²) in [5.74, 6) is 0. The summed E-state index contributed by atoms with van der Waals surface area (Å²) in [7, 11) is 0. The number of hydrogen-bond acceptors (Lipinski definition) is 8. The van der Waals surface area contributed by atoms with E-state index < -0.39 is 0 Å². The number of nitrogens with zero attached hydrogens (tertiary/aromatic N) is 10. The van der Waals surface area contributed by atoms with Gasteiger partial charge < -0.3 is 9.13 Å². The SMILES string of the molecule is N#Cc1ncc(-c2c3c4ccccc4n(-c4ccccc4)c3c(-c3cnc(C#N)c(C#N)n3)c3c4ccccc4n(-c4ccccc4)c23)nc1C#N. The van der Waals surface area contributed by atoms with Crippen LogP contribution in [-0.2, 0) is 0 Å². The van der Waals surface area contributed by atoms with E-state index in [4.69, 9.17) is 9.97 Å². The third kappa shape index (κ3) is 4.27. The van der Waals surface area contributed by atoms with Gasteiger partial charge in [0, 0.05) is 44.0 Å². The molecule has 5 aromatic carbocycles. The van der Waals surface area contributed by atoms with Gasteiger partial charge in [0.2, 0.25) is 0 Å². The van der Waals surface area contributed by atoms with Gasteiger partial charge in [0.25, 0.3) is 0 Å². The summed E-state index contributed by atoms with van der Waals surface area (Å²) in [6.45, 7) is 0. The quantitative estimate of drug-likeness (QED) is 0.182. The van der Waals surface area contributed by atoms with Crippen molar-refractivity contribution in [2.24, 2.45) is 0 Å². The second-order valence-corrected chi connectivity index (χ2v) is 11.9. The third-order valence-electron chi connectivity index (χ3n) is 9.23. The zero-order valence-corrected chi connectivity index (χ0v) is 27.0. The molecule has 0 atom stereocenters. The number of benzene rings is 5. The molecule has 4 heterocycles. The predicted octanol–water partition coefficient (Wildman–Crippen LogP) is 8.28. The highest BCUT2D eigenvalue weighted by Gasteiger charge is 2.30. The maximum Gasteiger partial charge on any atom is 0.177 e. The van der Waals surface area contributed by atoms with Crippen LogP contribution in [0.2, 0.25) is 0 Å². The lowest BCUT2D eigenvalue weighted by Crippen LogP contribution is -2.03. The van der Waals surface area contributed by atoms with Crippen LogP contribution in [-0.4, -0.2) is 29.1 Å². The van der Waals surface area contributed by atoms with Crippen LogP contribution in [0.3, 0.4) is 0 Å². The van der Waals surface area contributed by atoms with Crippen molar-refractivity contribution < 1.29 is 0 Å². The Morgan fingerprint density at radius 3 is 1.17 bits per heavy atom. The van der Waals surface area contributed by atoms with E-state index in [2.05, 4.69) is 31.2 Å². The van der Waals surface area contributed by atoms with Crippen LogP contribution in [0.25, 0.3) is 77.5 Å². The monoisotopic (exact) mass is 664 g/mol. The molecule has 0 aliphatic carbocycles. The Morgan fingerprint density at radius 1 is 0.423 bits per heavy atom. The molecule has 0 fully saturated rings. The van der Waals surface area contributed by atoms with Gasteiger partial charge in [0.1, 0.15) is 24.3 Å². The smallest absolute Gasteiger partial charge is 0.177 e. The highest BCUT2D eigenvalue weighted by atomic mass is 15.0. The van der Waals surface area contributed by atoms with Crippen molar-refractivity contribution in [1.29, 1.82) is 21.0 Å². The van der Waals surface area contributed by atoms with Gasteiger partial charge in [-0.2, -0.15) is 21.0 Å². The lowest BCUT2D eigenvalue weighted by atomic mass is 9.93. The summed E-state index contributed by atoms with van der Waals surface area (Å²) in [5, 5.41) is 43.2. The van der Waals surface area contributed by atoms with Crippen molar-refractivity contribution >= 4 is 43.6 Å². The first-order chi connectivity index (χ1) is 25.7. The molecule has 0 aliphatic heterocycles. The summed E-state index contributed by atoms with van der Waals surface area (Å²) in [6.07, 6.45) is 3.09. The molecule has 0 spiro atoms. The molecule has 52 heavy (non-hydrogen) atoms. The first-order valence-electron chi connectivity index (χ1n) is 16.1. The van der Waals surface area contributed by atoms with E-state index in [0.717, 1.165) is 55.0 Å². The first-order valence-corrected chi connectivity index (χ1v) is 16.1. The minimum absolute atomic E-state index is 0.0671. The van der Waals surface area contributed by atoms with Gasteiger partial charge in [-0.1, -0.05) is 72.8 Å². The summed E-state index contributed by atoms with van der Waals surface area (Å²) < 4.78 is 4.32. The molecule has 10 nitrogen and oxygen atoms in total. The average molecular weight is 665 g/mol. The molecular formula is C42H20N10. The van der Waals surface area contributed by atoms with Crippen molar-refractivity contribution in [2.75, 3.05) is 0 Å². The van der Waals surface area contributed by atoms with Gasteiger partial charge in [-0.3, -0.25) is 0 Å². The molecule has 4 aromatic heterocycles. The van der Waals surface area contributed by atoms with E-state index in [0.29, 0.717) is 22.5 Å². The topological polar surface area (TPSA) is 157 Å². The van der Waals surface area contributed by atoms with E-state index in [1.165, 1.54) is 0 Å². The molecule has 0 N–H and O–H groups in total. The van der Waals surface area contributed by atoms with Crippen LogP contribution in [0.4, 0.5) is 0 Å². The minimum Gasteiger partial charge on any atom is -0.309 e. The highest BCUT2D eigenvalue weighted by molar-refractivity contribution is 6.32. The van der Waals surface area contributed by atoms with Crippen LogP contribution in [0, 0.1) is 45.3 Å². The standard InChI is InChI=1S/C42H20N10/c43-19-29-31(21-45)49-33(23-47-29)39-38-28-16-8-10-18-36(28)52(26-13-5-2-6-14-26)42(38)40(34-24-48-30(20-44)32(22-46)50-34)37-27-15-7-9-17-35(27)51(41(37)39)25-11-3-1-4-12-25/h1-18,23-24H. The normalized spacial score (nSPS) is 11.0. The molecule has 0 aliphatic rings. The van der Waals surface area contributed by atoms with E-state index >= 15 is 0 Å². The van der Waals surface area contributed by atoms with Crippen molar-refractivity contribution in [3.63, 3.8) is 0 Å². The van der Waals surface area contributed by atoms with Crippen molar-refractivity contribution in [1.82, 2.24) is 29.1 Å². The Hall–Kier alpha value is -8.18. The molecule has 0 amide bonds. The number of aromatic nitrogens is 6. The molecule has 9 aromatic rings. The number of rotatable bonds is 4. The largest absolute Gasteiger partial charge is 0.309 e. The van der Waals surface area contributed by atoms with Gasteiger partial charge in [-0.25, -0.2) is 19.9 Å². The minimum atomic E-state index is -0.0869.